The number of rotatable bonds is 10. The van der Waals surface area contributed by atoms with E-state index in [-0.39, 0.29) is 11.5 Å². The third kappa shape index (κ3) is 6.58. The molecule has 0 saturated heterocycles. The molecule has 2 rings (SSSR count). The number of thiazole rings is 1. The van der Waals surface area contributed by atoms with Crippen molar-refractivity contribution in [3.63, 3.8) is 0 Å². The molecule has 8 heteroatoms. The minimum absolute atomic E-state index is 0.00764. The van der Waals surface area contributed by atoms with Crippen molar-refractivity contribution in [3.05, 3.63) is 39.8 Å². The van der Waals surface area contributed by atoms with Crippen molar-refractivity contribution >= 4 is 17.3 Å². The molecule has 1 N–H and O–H groups in total. The van der Waals surface area contributed by atoms with Gasteiger partial charge in [-0.15, -0.1) is 11.3 Å². The molecule has 1 unspecified atom stereocenters. The van der Waals surface area contributed by atoms with Crippen molar-refractivity contribution in [3.8, 4) is 11.5 Å². The van der Waals surface area contributed by atoms with E-state index in [1.807, 2.05) is 26.1 Å². The number of methoxy groups -OCH3 is 3. The first-order valence-electron chi connectivity index (χ1n) is 10.4. The van der Waals surface area contributed by atoms with E-state index in [2.05, 4.69) is 42.4 Å². The van der Waals surface area contributed by atoms with E-state index in [1.54, 1.807) is 32.7 Å². The fourth-order valence-electron chi connectivity index (χ4n) is 3.09. The van der Waals surface area contributed by atoms with E-state index in [1.165, 1.54) is 0 Å². The molecule has 0 spiro atoms. The maximum atomic E-state index is 5.47. The quantitative estimate of drug-likeness (QED) is 0.433. The molecule has 7 nitrogen and oxygen atoms in total. The summed E-state index contributed by atoms with van der Waals surface area (Å²) in [6.45, 7) is 10.5. The van der Waals surface area contributed by atoms with Gasteiger partial charge in [0.2, 0.25) is 0 Å². The Kier molecular flexibility index (Phi) is 9.13. The van der Waals surface area contributed by atoms with Crippen LogP contribution >= 0.6 is 11.3 Å². The Morgan fingerprint density at radius 1 is 1.23 bits per heavy atom. The number of aliphatic imine (C=N–C) groups is 1. The molecule has 31 heavy (non-hydrogen) atoms. The monoisotopic (exact) mass is 448 g/mol. The summed E-state index contributed by atoms with van der Waals surface area (Å²) in [7, 11) is 7.03. The minimum Gasteiger partial charge on any atom is -0.493 e. The van der Waals surface area contributed by atoms with Crippen LogP contribution in [-0.2, 0) is 16.7 Å². The van der Waals surface area contributed by atoms with E-state index in [9.17, 15) is 0 Å². The van der Waals surface area contributed by atoms with Crippen LogP contribution in [-0.4, -0.2) is 57.3 Å². The lowest BCUT2D eigenvalue weighted by Gasteiger charge is -2.27. The smallest absolute Gasteiger partial charge is 0.194 e. The Hall–Kier alpha value is -2.32. The van der Waals surface area contributed by atoms with Gasteiger partial charge in [-0.25, -0.2) is 4.98 Å². The van der Waals surface area contributed by atoms with Crippen molar-refractivity contribution in [2.45, 2.75) is 45.8 Å². The molecule has 1 heterocycles. The molecule has 0 aliphatic heterocycles. The van der Waals surface area contributed by atoms with E-state index in [0.717, 1.165) is 40.3 Å². The molecule has 1 aromatic carbocycles. The molecule has 2 aromatic rings. The molecule has 0 amide bonds. The number of nitrogens with one attached hydrogen (secondary N) is 1. The van der Waals surface area contributed by atoms with Gasteiger partial charge in [-0.3, -0.25) is 4.99 Å². The molecule has 0 saturated carbocycles. The van der Waals surface area contributed by atoms with Gasteiger partial charge < -0.3 is 24.4 Å². The maximum absolute atomic E-state index is 5.47. The van der Waals surface area contributed by atoms with Crippen LogP contribution in [0.1, 0.15) is 50.1 Å². The fraction of sp³-hybridized carbons (Fsp3) is 0.565. The second-order valence-corrected chi connectivity index (χ2v) is 8.92. The Morgan fingerprint density at radius 2 is 1.94 bits per heavy atom. The molecule has 1 atom stereocenters. The van der Waals surface area contributed by atoms with E-state index in [0.29, 0.717) is 13.1 Å². The molecule has 0 aliphatic carbocycles. The van der Waals surface area contributed by atoms with Crippen molar-refractivity contribution in [2.24, 2.45) is 4.99 Å². The predicted molar refractivity (Wildman–Crippen MR) is 128 cm³/mol. The normalized spacial score (nSPS) is 13.1. The third-order valence-corrected chi connectivity index (χ3v) is 6.21. The highest BCUT2D eigenvalue weighted by molar-refractivity contribution is 7.09. The summed E-state index contributed by atoms with van der Waals surface area (Å²) in [6, 6.07) is 6.04. The number of nitrogens with zero attached hydrogens (tertiary/aromatic N) is 3. The summed E-state index contributed by atoms with van der Waals surface area (Å²) < 4.78 is 16.2. The number of hydrogen-bond acceptors (Lipinski definition) is 6. The van der Waals surface area contributed by atoms with E-state index >= 15 is 0 Å². The van der Waals surface area contributed by atoms with Gasteiger partial charge in [0.25, 0.3) is 0 Å². The molecular weight excluding hydrogens is 412 g/mol. The van der Waals surface area contributed by atoms with Crippen molar-refractivity contribution in [1.82, 2.24) is 15.2 Å². The summed E-state index contributed by atoms with van der Waals surface area (Å²) in [5.41, 5.74) is 1.98. The number of benzene rings is 1. The number of guanidine groups is 1. The zero-order valence-electron chi connectivity index (χ0n) is 20.0. The van der Waals surface area contributed by atoms with Gasteiger partial charge in [0.05, 0.1) is 33.0 Å². The van der Waals surface area contributed by atoms with Crippen LogP contribution < -0.4 is 14.8 Å². The Morgan fingerprint density at radius 3 is 2.55 bits per heavy atom. The highest BCUT2D eigenvalue weighted by Crippen LogP contribution is 2.33. The van der Waals surface area contributed by atoms with Gasteiger partial charge in [-0.1, -0.05) is 19.9 Å². The lowest BCUT2D eigenvalue weighted by Crippen LogP contribution is -2.39. The van der Waals surface area contributed by atoms with Crippen LogP contribution in [0.2, 0.25) is 0 Å². The fourth-order valence-corrected chi connectivity index (χ4v) is 3.93. The first kappa shape index (κ1) is 24.9. The summed E-state index contributed by atoms with van der Waals surface area (Å²) >= 11 is 1.63. The van der Waals surface area contributed by atoms with Crippen molar-refractivity contribution in [2.75, 3.05) is 41.5 Å². The molecule has 172 valence electrons. The summed E-state index contributed by atoms with van der Waals surface area (Å²) in [6.07, 6.45) is 0.00764. The third-order valence-electron chi connectivity index (χ3n) is 5.16. The van der Waals surface area contributed by atoms with Crippen LogP contribution in [0.25, 0.3) is 0 Å². The Labute approximate surface area is 190 Å². The molecule has 0 radical (unpaired) electrons. The zero-order valence-corrected chi connectivity index (χ0v) is 20.8. The Bertz CT molecular complexity index is 866. The first-order valence-corrected chi connectivity index (χ1v) is 11.3. The lowest BCUT2D eigenvalue weighted by molar-refractivity contribution is 0.119. The minimum atomic E-state index is -0.178. The van der Waals surface area contributed by atoms with Crippen LogP contribution in [0.15, 0.2) is 28.6 Å². The van der Waals surface area contributed by atoms with Gasteiger partial charge in [0.1, 0.15) is 11.1 Å². The molecule has 0 bridgehead atoms. The predicted octanol–water partition coefficient (Wildman–Crippen LogP) is 4.24. The van der Waals surface area contributed by atoms with Crippen LogP contribution in [0.3, 0.4) is 0 Å². The summed E-state index contributed by atoms with van der Waals surface area (Å²) in [5, 5.41) is 6.46. The first-order chi connectivity index (χ1) is 14.7. The number of ether oxygens (including phenoxy) is 3. The van der Waals surface area contributed by atoms with Gasteiger partial charge in [0, 0.05) is 31.5 Å². The second kappa shape index (κ2) is 11.3. The average molecular weight is 449 g/mol. The highest BCUT2D eigenvalue weighted by Gasteiger charge is 2.23. The maximum Gasteiger partial charge on any atom is 0.194 e. The molecule has 0 fully saturated rings. The van der Waals surface area contributed by atoms with Gasteiger partial charge in [-0.2, -0.15) is 0 Å². The summed E-state index contributed by atoms with van der Waals surface area (Å²) in [5.74, 6) is 2.31. The Balaban J connectivity index is 2.16. The van der Waals surface area contributed by atoms with Gasteiger partial charge in [-0.05, 0) is 31.5 Å². The van der Waals surface area contributed by atoms with Crippen molar-refractivity contribution in [1.29, 1.82) is 0 Å². The van der Waals surface area contributed by atoms with Gasteiger partial charge in [0.15, 0.2) is 17.5 Å². The van der Waals surface area contributed by atoms with Crippen LogP contribution in [0.4, 0.5) is 0 Å². The zero-order chi connectivity index (χ0) is 23.0. The van der Waals surface area contributed by atoms with Crippen molar-refractivity contribution < 1.29 is 14.2 Å². The number of aromatic nitrogens is 1. The standard InChI is InChI=1S/C23H36N4O3S/c1-9-24-22(27(5)13-18-14-31-21(26-18)16(2)28-6)25-15-23(3,4)17-10-11-19(29-7)20(12-17)30-8/h10-12,14,16H,9,13,15H2,1-8H3,(H,24,25). The van der Waals surface area contributed by atoms with Gasteiger partial charge >= 0.3 is 0 Å². The van der Waals surface area contributed by atoms with E-state index in [4.69, 9.17) is 24.2 Å². The lowest BCUT2D eigenvalue weighted by atomic mass is 9.84. The molecular formula is C23H36N4O3S. The topological polar surface area (TPSA) is 68.2 Å². The number of hydrogen-bond donors (Lipinski definition) is 1. The largest absolute Gasteiger partial charge is 0.493 e. The highest BCUT2D eigenvalue weighted by atomic mass is 32.1. The SMILES string of the molecule is CCNC(=NCC(C)(C)c1ccc(OC)c(OC)c1)N(C)Cc1csc(C(C)OC)n1. The second-order valence-electron chi connectivity index (χ2n) is 8.03. The van der Waals surface area contributed by atoms with Crippen LogP contribution in [0, 0.1) is 0 Å². The average Bonchev–Trinajstić information content (AvgIpc) is 3.23. The van der Waals surface area contributed by atoms with Crippen LogP contribution in [0.5, 0.6) is 11.5 Å². The van der Waals surface area contributed by atoms with E-state index < -0.39 is 0 Å². The molecule has 1 aromatic heterocycles. The molecule has 0 aliphatic rings. The summed E-state index contributed by atoms with van der Waals surface area (Å²) in [4.78, 5) is 11.7.